The fourth-order valence-electron chi connectivity index (χ4n) is 3.83. The van der Waals surface area contributed by atoms with Crippen LogP contribution in [0.4, 0.5) is 4.39 Å². The largest absolute Gasteiger partial charge is 0.359 e. The van der Waals surface area contributed by atoms with E-state index >= 15 is 0 Å². The van der Waals surface area contributed by atoms with Crippen LogP contribution in [-0.2, 0) is 11.3 Å². The Morgan fingerprint density at radius 2 is 2.29 bits per heavy atom. The van der Waals surface area contributed by atoms with E-state index in [1.807, 2.05) is 0 Å². The van der Waals surface area contributed by atoms with Crippen molar-refractivity contribution in [3.8, 4) is 11.3 Å². The number of fused-ring (bicyclic) bond motifs is 2. The van der Waals surface area contributed by atoms with Crippen LogP contribution in [0.1, 0.15) is 25.0 Å². The average molecular weight is 329 g/mol. The standard InChI is InChI=1S/C18H20FN3O2/c19-14-3-1-2-13(7-14)17-8-16(24-21-17)9-20-18(23)11-22-10-12-4-5-15(22)6-12/h1-3,7-8,12,15H,4-6,9-11H2,(H,20,23)/t12-,15+/m0/s1. The summed E-state index contributed by atoms with van der Waals surface area (Å²) in [5.74, 6) is 1.04. The van der Waals surface area contributed by atoms with Crippen LogP contribution in [0.15, 0.2) is 34.9 Å². The number of nitrogens with one attached hydrogen (secondary N) is 1. The number of rotatable bonds is 5. The van der Waals surface area contributed by atoms with Gasteiger partial charge in [-0.1, -0.05) is 17.3 Å². The predicted octanol–water partition coefficient (Wildman–Crippen LogP) is 2.58. The highest BCUT2D eigenvalue weighted by Crippen LogP contribution is 2.36. The lowest BCUT2D eigenvalue weighted by Crippen LogP contribution is -2.40. The van der Waals surface area contributed by atoms with Gasteiger partial charge in [-0.2, -0.15) is 0 Å². The van der Waals surface area contributed by atoms with Gasteiger partial charge in [0.05, 0.1) is 13.1 Å². The Morgan fingerprint density at radius 1 is 1.38 bits per heavy atom. The molecule has 1 aliphatic heterocycles. The predicted molar refractivity (Wildman–Crippen MR) is 86.4 cm³/mol. The Labute approximate surface area is 139 Å². The van der Waals surface area contributed by atoms with Gasteiger partial charge in [-0.25, -0.2) is 4.39 Å². The van der Waals surface area contributed by atoms with Gasteiger partial charge < -0.3 is 9.84 Å². The number of aromatic nitrogens is 1. The summed E-state index contributed by atoms with van der Waals surface area (Å²) in [6.07, 6.45) is 3.77. The molecular weight excluding hydrogens is 309 g/mol. The van der Waals surface area contributed by atoms with E-state index in [2.05, 4.69) is 15.4 Å². The van der Waals surface area contributed by atoms with Crippen LogP contribution in [0, 0.1) is 11.7 Å². The normalized spacial score (nSPS) is 22.9. The molecule has 1 N–H and O–H groups in total. The van der Waals surface area contributed by atoms with Crippen molar-refractivity contribution in [2.45, 2.75) is 31.8 Å². The molecule has 1 aromatic heterocycles. The molecule has 1 aliphatic carbocycles. The van der Waals surface area contributed by atoms with E-state index in [1.54, 1.807) is 18.2 Å². The number of nitrogens with zero attached hydrogens (tertiary/aromatic N) is 2. The van der Waals surface area contributed by atoms with Crippen LogP contribution in [0.3, 0.4) is 0 Å². The Balaban J connectivity index is 1.31. The molecule has 2 aliphatic rings. The highest BCUT2D eigenvalue weighted by atomic mass is 19.1. The molecule has 2 heterocycles. The number of benzene rings is 1. The molecule has 6 heteroatoms. The Bertz CT molecular complexity index is 745. The van der Waals surface area contributed by atoms with Crippen molar-refractivity contribution in [2.24, 2.45) is 5.92 Å². The molecule has 0 unspecified atom stereocenters. The lowest BCUT2D eigenvalue weighted by molar-refractivity contribution is -0.122. The summed E-state index contributed by atoms with van der Waals surface area (Å²) >= 11 is 0. The molecule has 126 valence electrons. The van der Waals surface area contributed by atoms with Crippen molar-refractivity contribution in [2.75, 3.05) is 13.1 Å². The molecule has 1 saturated carbocycles. The molecule has 0 radical (unpaired) electrons. The highest BCUT2D eigenvalue weighted by molar-refractivity contribution is 5.78. The number of carbonyl (C=O) groups excluding carboxylic acids is 1. The summed E-state index contributed by atoms with van der Waals surface area (Å²) in [5.41, 5.74) is 1.22. The zero-order valence-corrected chi connectivity index (χ0v) is 13.4. The molecule has 2 aromatic rings. The summed E-state index contributed by atoms with van der Waals surface area (Å²) in [6.45, 7) is 1.79. The Kier molecular flexibility index (Phi) is 4.06. The van der Waals surface area contributed by atoms with Crippen LogP contribution in [0.25, 0.3) is 11.3 Å². The fraction of sp³-hybridized carbons (Fsp3) is 0.444. The Hall–Kier alpha value is -2.21. The van der Waals surface area contributed by atoms with Crippen LogP contribution >= 0.6 is 0 Å². The first kappa shape index (κ1) is 15.3. The monoisotopic (exact) mass is 329 g/mol. The maximum atomic E-state index is 13.3. The summed E-state index contributed by atoms with van der Waals surface area (Å²) in [7, 11) is 0. The second-order valence-electron chi connectivity index (χ2n) is 6.73. The van der Waals surface area contributed by atoms with Gasteiger partial charge in [0.1, 0.15) is 11.5 Å². The molecule has 24 heavy (non-hydrogen) atoms. The summed E-state index contributed by atoms with van der Waals surface area (Å²) in [6, 6.07) is 8.51. The first-order valence-corrected chi connectivity index (χ1v) is 8.39. The summed E-state index contributed by atoms with van der Waals surface area (Å²) in [5, 5.41) is 6.81. The van der Waals surface area contributed by atoms with Gasteiger partial charge in [0, 0.05) is 24.2 Å². The van der Waals surface area contributed by atoms with Crippen molar-refractivity contribution < 1.29 is 13.7 Å². The second-order valence-corrected chi connectivity index (χ2v) is 6.73. The van der Waals surface area contributed by atoms with Crippen LogP contribution in [0.5, 0.6) is 0 Å². The maximum Gasteiger partial charge on any atom is 0.234 e. The smallest absolute Gasteiger partial charge is 0.234 e. The number of piperidine rings is 1. The number of hydrogen-bond donors (Lipinski definition) is 1. The van der Waals surface area contributed by atoms with Crippen molar-refractivity contribution >= 4 is 5.91 Å². The van der Waals surface area contributed by atoms with Crippen molar-refractivity contribution in [3.05, 3.63) is 41.9 Å². The average Bonchev–Trinajstić information content (AvgIpc) is 3.29. The van der Waals surface area contributed by atoms with E-state index in [9.17, 15) is 9.18 Å². The number of carbonyl (C=O) groups is 1. The van der Waals surface area contributed by atoms with Gasteiger partial charge in [-0.3, -0.25) is 9.69 Å². The van der Waals surface area contributed by atoms with Gasteiger partial charge in [0.25, 0.3) is 0 Å². The molecule has 2 fully saturated rings. The van der Waals surface area contributed by atoms with Crippen LogP contribution in [-0.4, -0.2) is 35.1 Å². The minimum atomic E-state index is -0.315. The van der Waals surface area contributed by atoms with Gasteiger partial charge >= 0.3 is 0 Å². The number of likely N-dealkylation sites (tertiary alicyclic amines) is 1. The van der Waals surface area contributed by atoms with E-state index in [0.29, 0.717) is 36.1 Å². The number of halogens is 1. The quantitative estimate of drug-likeness (QED) is 0.916. The first-order chi connectivity index (χ1) is 11.7. The van der Waals surface area contributed by atoms with E-state index in [1.165, 1.54) is 31.4 Å². The third kappa shape index (κ3) is 3.19. The zero-order chi connectivity index (χ0) is 16.5. The third-order valence-electron chi connectivity index (χ3n) is 5.01. The SMILES string of the molecule is O=C(CN1C[C@H]2CC[C@@H]1C2)NCc1cc(-c2cccc(F)c2)no1. The minimum Gasteiger partial charge on any atom is -0.359 e. The molecule has 0 spiro atoms. The van der Waals surface area contributed by atoms with Crippen molar-refractivity contribution in [3.63, 3.8) is 0 Å². The first-order valence-electron chi connectivity index (χ1n) is 8.39. The fourth-order valence-corrected chi connectivity index (χ4v) is 3.83. The Morgan fingerprint density at radius 3 is 3.04 bits per heavy atom. The second kappa shape index (κ2) is 6.36. The molecule has 1 saturated heterocycles. The summed E-state index contributed by atoms with van der Waals surface area (Å²) in [4.78, 5) is 14.4. The number of hydrogen-bond acceptors (Lipinski definition) is 4. The molecule has 5 nitrogen and oxygen atoms in total. The van der Waals surface area contributed by atoms with E-state index in [4.69, 9.17) is 4.52 Å². The zero-order valence-electron chi connectivity index (χ0n) is 13.4. The molecule has 4 rings (SSSR count). The lowest BCUT2D eigenvalue weighted by atomic mass is 10.1. The van der Waals surface area contributed by atoms with Crippen molar-refractivity contribution in [1.82, 2.24) is 15.4 Å². The lowest BCUT2D eigenvalue weighted by Gasteiger charge is -2.25. The van der Waals surface area contributed by atoms with Crippen molar-refractivity contribution in [1.29, 1.82) is 0 Å². The van der Waals surface area contributed by atoms with E-state index < -0.39 is 0 Å². The van der Waals surface area contributed by atoms with E-state index in [-0.39, 0.29) is 11.7 Å². The maximum absolute atomic E-state index is 13.3. The van der Waals surface area contributed by atoms with Gasteiger partial charge in [0.15, 0.2) is 5.76 Å². The van der Waals surface area contributed by atoms with Gasteiger partial charge in [-0.05, 0) is 37.3 Å². The molecule has 1 aromatic carbocycles. The van der Waals surface area contributed by atoms with Crippen LogP contribution in [0.2, 0.25) is 0 Å². The number of amides is 1. The summed E-state index contributed by atoms with van der Waals surface area (Å²) < 4.78 is 18.5. The van der Waals surface area contributed by atoms with Gasteiger partial charge in [-0.15, -0.1) is 0 Å². The highest BCUT2D eigenvalue weighted by Gasteiger charge is 2.38. The van der Waals surface area contributed by atoms with Gasteiger partial charge in [0.2, 0.25) is 5.91 Å². The third-order valence-corrected chi connectivity index (χ3v) is 5.01. The topological polar surface area (TPSA) is 58.4 Å². The molecular formula is C18H20FN3O2. The molecule has 2 bridgehead atoms. The van der Waals surface area contributed by atoms with E-state index in [0.717, 1.165) is 12.5 Å². The molecule has 2 atom stereocenters. The van der Waals surface area contributed by atoms with Crippen LogP contribution < -0.4 is 5.32 Å². The minimum absolute atomic E-state index is 0.00579. The molecule has 1 amide bonds.